The number of hydrogen-bond acceptors (Lipinski definition) is 5. The van der Waals surface area contributed by atoms with Crippen LogP contribution < -0.4 is 21.9 Å². The highest BCUT2D eigenvalue weighted by molar-refractivity contribution is 6.30. The lowest BCUT2D eigenvalue weighted by atomic mass is 10.1. The van der Waals surface area contributed by atoms with Gasteiger partial charge < -0.3 is 10.6 Å². The number of nitrogens with two attached hydrogens (primary N) is 1. The molecule has 2 aromatic heterocycles. The van der Waals surface area contributed by atoms with Crippen LogP contribution in [0.15, 0.2) is 40.1 Å². The average molecular weight is 487 g/mol. The van der Waals surface area contributed by atoms with Gasteiger partial charge in [-0.15, -0.1) is 0 Å². The van der Waals surface area contributed by atoms with Gasteiger partial charge in [-0.2, -0.15) is 5.10 Å². The number of hydrogen-bond donors (Lipinski definition) is 2. The predicted octanol–water partition coefficient (Wildman–Crippen LogP) is 3.90. The van der Waals surface area contributed by atoms with Gasteiger partial charge in [0.2, 0.25) is 0 Å². The number of benzene rings is 1. The molecule has 0 aliphatic carbocycles. The summed E-state index contributed by atoms with van der Waals surface area (Å²) in [6.07, 6.45) is 5.53. The molecule has 9 nitrogen and oxygen atoms in total. The maximum absolute atomic E-state index is 13.7. The van der Waals surface area contributed by atoms with Crippen LogP contribution in [0, 0.1) is 6.92 Å². The molecule has 1 amide bonds. The summed E-state index contributed by atoms with van der Waals surface area (Å²) >= 11 is 6.12. The number of H-pyrrole nitrogens is 1. The Labute approximate surface area is 203 Å². The van der Waals surface area contributed by atoms with Crippen molar-refractivity contribution in [3.05, 3.63) is 67.6 Å². The topological polar surface area (TPSA) is 119 Å². The molecule has 0 unspecified atom stereocenters. The van der Waals surface area contributed by atoms with Crippen LogP contribution in [0.4, 0.5) is 11.5 Å². The Bertz CT molecular complexity index is 1280. The van der Waals surface area contributed by atoms with Crippen molar-refractivity contribution in [1.29, 1.82) is 0 Å². The van der Waals surface area contributed by atoms with Crippen molar-refractivity contribution < 1.29 is 4.79 Å². The van der Waals surface area contributed by atoms with E-state index in [4.69, 9.17) is 17.3 Å². The zero-order valence-electron chi connectivity index (χ0n) is 19.8. The van der Waals surface area contributed by atoms with E-state index in [0.29, 0.717) is 41.4 Å². The van der Waals surface area contributed by atoms with Crippen molar-refractivity contribution in [2.75, 3.05) is 17.2 Å². The highest BCUT2D eigenvalue weighted by atomic mass is 35.5. The van der Waals surface area contributed by atoms with Crippen LogP contribution in [0.5, 0.6) is 0 Å². The fraction of sp³-hybridized carbons (Fsp3) is 0.417. The molecule has 2 heterocycles. The zero-order chi connectivity index (χ0) is 24.8. The van der Waals surface area contributed by atoms with Crippen LogP contribution in [-0.4, -0.2) is 31.8 Å². The Morgan fingerprint density at radius 1 is 1.18 bits per heavy atom. The number of unbranched alkanes of at least 4 members (excludes halogenated alkanes) is 3. The third kappa shape index (κ3) is 5.25. The van der Waals surface area contributed by atoms with Crippen molar-refractivity contribution in [1.82, 2.24) is 19.3 Å². The van der Waals surface area contributed by atoms with E-state index in [1.54, 1.807) is 29.8 Å². The minimum Gasteiger partial charge on any atom is -0.383 e. The Kier molecular flexibility index (Phi) is 8.33. The molecule has 34 heavy (non-hydrogen) atoms. The van der Waals surface area contributed by atoms with Gasteiger partial charge in [0.25, 0.3) is 11.5 Å². The predicted molar refractivity (Wildman–Crippen MR) is 135 cm³/mol. The number of nitrogens with one attached hydrogen (secondary N) is 1. The van der Waals surface area contributed by atoms with Gasteiger partial charge in [0, 0.05) is 18.1 Å². The molecule has 0 bridgehead atoms. The van der Waals surface area contributed by atoms with Gasteiger partial charge in [0.15, 0.2) is 5.69 Å². The first-order valence-corrected chi connectivity index (χ1v) is 11.9. The van der Waals surface area contributed by atoms with E-state index in [0.717, 1.165) is 19.3 Å². The molecular formula is C24H31ClN6O3. The Balaban J connectivity index is 2.08. The van der Waals surface area contributed by atoms with Crippen molar-refractivity contribution in [3.8, 4) is 5.69 Å². The monoisotopic (exact) mass is 486 g/mol. The maximum Gasteiger partial charge on any atom is 0.330 e. The summed E-state index contributed by atoms with van der Waals surface area (Å²) in [5.41, 5.74) is 6.69. The quantitative estimate of drug-likeness (QED) is 0.421. The summed E-state index contributed by atoms with van der Waals surface area (Å²) in [5.74, 6) is -0.410. The minimum absolute atomic E-state index is 0.00747. The van der Waals surface area contributed by atoms with Crippen molar-refractivity contribution in [3.63, 3.8) is 0 Å². The molecule has 0 fully saturated rings. The molecule has 3 rings (SSSR count). The lowest BCUT2D eigenvalue weighted by Gasteiger charge is -2.24. The molecule has 1 aromatic carbocycles. The number of nitrogen functional groups attached to an aromatic ring is 1. The molecular weight excluding hydrogens is 456 g/mol. The number of carbonyl (C=O) groups excluding carboxylic acids is 1. The number of amides is 1. The maximum atomic E-state index is 13.7. The highest BCUT2D eigenvalue weighted by Crippen LogP contribution is 2.24. The summed E-state index contributed by atoms with van der Waals surface area (Å²) in [6.45, 7) is 6.47. The second-order valence-corrected chi connectivity index (χ2v) is 8.63. The number of anilines is 2. The minimum atomic E-state index is -0.681. The summed E-state index contributed by atoms with van der Waals surface area (Å²) in [7, 11) is 0. The van der Waals surface area contributed by atoms with Crippen LogP contribution in [0.2, 0.25) is 5.02 Å². The molecule has 0 spiro atoms. The first kappa shape index (κ1) is 25.3. The summed E-state index contributed by atoms with van der Waals surface area (Å²) < 4.78 is 2.95. The Hall–Kier alpha value is -3.33. The zero-order valence-corrected chi connectivity index (χ0v) is 20.6. The Morgan fingerprint density at radius 2 is 1.91 bits per heavy atom. The number of nitrogens with zero attached hydrogens (tertiary/aromatic N) is 4. The Morgan fingerprint density at radius 3 is 2.59 bits per heavy atom. The number of aromatic nitrogens is 4. The molecule has 0 aliphatic heterocycles. The number of aromatic amines is 1. The summed E-state index contributed by atoms with van der Waals surface area (Å²) in [5, 5.41) is 4.93. The van der Waals surface area contributed by atoms with Crippen molar-refractivity contribution in [2.45, 2.75) is 59.4 Å². The van der Waals surface area contributed by atoms with Gasteiger partial charge >= 0.3 is 5.69 Å². The third-order valence-electron chi connectivity index (χ3n) is 5.74. The smallest absolute Gasteiger partial charge is 0.330 e. The van der Waals surface area contributed by atoms with Crippen LogP contribution in [0.1, 0.15) is 62.0 Å². The van der Waals surface area contributed by atoms with Crippen molar-refractivity contribution in [2.24, 2.45) is 0 Å². The van der Waals surface area contributed by atoms with E-state index in [1.807, 2.05) is 13.0 Å². The third-order valence-corrected chi connectivity index (χ3v) is 5.98. The second kappa shape index (κ2) is 11.2. The van der Waals surface area contributed by atoms with E-state index in [9.17, 15) is 14.4 Å². The van der Waals surface area contributed by atoms with Gasteiger partial charge in [-0.1, -0.05) is 50.8 Å². The summed E-state index contributed by atoms with van der Waals surface area (Å²) in [6, 6.07) is 7.15. The molecule has 182 valence electrons. The molecule has 3 N–H and O–H groups in total. The molecule has 0 radical (unpaired) electrons. The van der Waals surface area contributed by atoms with E-state index in [2.05, 4.69) is 17.0 Å². The SMILES string of the molecule is CCCCCN(C(=O)c1cnn(-c2cccc(Cl)c2)c1C)c1c(N)n(CCCC)c(=O)[nH]c1=O. The van der Waals surface area contributed by atoms with Gasteiger partial charge in [-0.3, -0.25) is 19.1 Å². The lowest BCUT2D eigenvalue weighted by Crippen LogP contribution is -2.41. The van der Waals surface area contributed by atoms with E-state index in [1.165, 1.54) is 15.7 Å². The first-order valence-electron chi connectivity index (χ1n) is 11.5. The number of carbonyl (C=O) groups is 1. The van der Waals surface area contributed by atoms with Gasteiger partial charge in [0.1, 0.15) is 5.82 Å². The normalized spacial score (nSPS) is 11.1. The van der Waals surface area contributed by atoms with Crippen LogP contribution >= 0.6 is 11.6 Å². The van der Waals surface area contributed by atoms with Crippen LogP contribution in [-0.2, 0) is 6.54 Å². The van der Waals surface area contributed by atoms with E-state index >= 15 is 0 Å². The molecule has 10 heteroatoms. The average Bonchev–Trinajstić information content (AvgIpc) is 3.18. The first-order chi connectivity index (χ1) is 16.3. The van der Waals surface area contributed by atoms with E-state index in [-0.39, 0.29) is 18.1 Å². The highest BCUT2D eigenvalue weighted by Gasteiger charge is 2.27. The summed E-state index contributed by atoms with van der Waals surface area (Å²) in [4.78, 5) is 42.7. The number of rotatable bonds is 10. The molecule has 0 atom stereocenters. The standard InChI is InChI=1S/C24H31ClN6O3/c1-4-6-8-13-29(20-21(26)30(12-7-5-2)24(34)28-22(20)32)23(33)19-15-27-31(16(19)3)18-11-9-10-17(25)14-18/h9-11,14-15H,4-8,12-13,26H2,1-3H3,(H,28,32,34). The van der Waals surface area contributed by atoms with Crippen LogP contribution in [0.3, 0.4) is 0 Å². The number of halogens is 1. The van der Waals surface area contributed by atoms with Crippen LogP contribution in [0.25, 0.3) is 5.69 Å². The fourth-order valence-electron chi connectivity index (χ4n) is 3.84. The van der Waals surface area contributed by atoms with Gasteiger partial charge in [0.05, 0.1) is 23.1 Å². The molecule has 0 aliphatic rings. The molecule has 0 saturated heterocycles. The van der Waals surface area contributed by atoms with E-state index < -0.39 is 17.2 Å². The lowest BCUT2D eigenvalue weighted by molar-refractivity contribution is 0.0985. The van der Waals surface area contributed by atoms with Gasteiger partial charge in [-0.05, 0) is 38.0 Å². The second-order valence-electron chi connectivity index (χ2n) is 8.20. The van der Waals surface area contributed by atoms with Gasteiger partial charge in [-0.25, -0.2) is 9.48 Å². The molecule has 3 aromatic rings. The fourth-order valence-corrected chi connectivity index (χ4v) is 4.03. The van der Waals surface area contributed by atoms with Crippen molar-refractivity contribution >= 4 is 29.0 Å². The molecule has 0 saturated carbocycles. The largest absolute Gasteiger partial charge is 0.383 e.